The van der Waals surface area contributed by atoms with Crippen molar-refractivity contribution in [3.63, 3.8) is 0 Å². The summed E-state index contributed by atoms with van der Waals surface area (Å²) < 4.78 is 2.54. The Morgan fingerprint density at radius 1 is 0.800 bits per heavy atom. The predicted molar refractivity (Wildman–Crippen MR) is 164 cm³/mol. The van der Waals surface area contributed by atoms with E-state index in [2.05, 4.69) is 120 Å². The van der Waals surface area contributed by atoms with E-state index < -0.39 is 26.8 Å². The molecule has 1 aliphatic carbocycles. The third-order valence-electron chi connectivity index (χ3n) is 8.99. The molecule has 0 saturated carbocycles. The van der Waals surface area contributed by atoms with Gasteiger partial charge >= 0.3 is 238 Å². The maximum absolute atomic E-state index is 2.68. The summed E-state index contributed by atoms with van der Waals surface area (Å²) in [6.45, 7) is 14.1. The summed E-state index contributed by atoms with van der Waals surface area (Å²) >= 11 is -1.98. The van der Waals surface area contributed by atoms with E-state index in [1.54, 1.807) is 33.0 Å². The van der Waals surface area contributed by atoms with E-state index in [9.17, 15) is 0 Å². The van der Waals surface area contributed by atoms with Crippen molar-refractivity contribution >= 4 is 25.6 Å². The van der Waals surface area contributed by atoms with Gasteiger partial charge in [0.2, 0.25) is 0 Å². The molecule has 0 spiro atoms. The smallest absolute Gasteiger partial charge is 1.00 e. The summed E-state index contributed by atoms with van der Waals surface area (Å²) in [6, 6.07) is 29.0. The van der Waals surface area contributed by atoms with Crippen LogP contribution in [0.2, 0.25) is 0 Å². The molecule has 0 fully saturated rings. The van der Waals surface area contributed by atoms with Gasteiger partial charge in [-0.25, -0.2) is 0 Å². The van der Waals surface area contributed by atoms with E-state index in [4.69, 9.17) is 0 Å². The van der Waals surface area contributed by atoms with Gasteiger partial charge in [-0.3, -0.25) is 0 Å². The van der Waals surface area contributed by atoms with Gasteiger partial charge in [0.25, 0.3) is 0 Å². The summed E-state index contributed by atoms with van der Waals surface area (Å²) in [4.78, 5) is 0. The Balaban J connectivity index is 0.00000161. The van der Waals surface area contributed by atoms with Gasteiger partial charge in [0.1, 0.15) is 0 Å². The molecular weight excluding hydrogens is 623 g/mol. The van der Waals surface area contributed by atoms with Crippen molar-refractivity contribution in [2.75, 3.05) is 0 Å². The van der Waals surface area contributed by atoms with Crippen molar-refractivity contribution in [3.05, 3.63) is 106 Å². The van der Waals surface area contributed by atoms with Crippen LogP contribution in [-0.4, -0.2) is 5.92 Å². The molecule has 4 aromatic carbocycles. The Labute approximate surface area is 261 Å². The van der Waals surface area contributed by atoms with E-state index in [1.807, 2.05) is 8.46 Å². The van der Waals surface area contributed by atoms with Gasteiger partial charge in [-0.1, -0.05) is 0 Å². The second-order valence-electron chi connectivity index (χ2n) is 12.6. The van der Waals surface area contributed by atoms with Gasteiger partial charge in [0.05, 0.1) is 0 Å². The summed E-state index contributed by atoms with van der Waals surface area (Å²) in [7, 11) is 0. The molecular formula is C36H37Cl2SiZr. The quantitative estimate of drug-likeness (QED) is 0.284. The number of halogens is 2. The topological polar surface area (TPSA) is 0 Å². The van der Waals surface area contributed by atoms with Crippen LogP contribution in [0.4, 0.5) is 0 Å². The number of rotatable bonds is 5. The average molecular weight is 660 g/mol. The minimum absolute atomic E-state index is 0. The summed E-state index contributed by atoms with van der Waals surface area (Å²) in [5.74, 6) is 0.107. The summed E-state index contributed by atoms with van der Waals surface area (Å²) in [6.07, 6.45) is 3.91. The molecule has 0 amide bonds. The maximum atomic E-state index is 2.68. The maximum Gasteiger partial charge on any atom is -1.00 e. The first kappa shape index (κ1) is 29.8. The number of hydrogen-bond donors (Lipinski definition) is 0. The molecule has 203 valence electrons. The van der Waals surface area contributed by atoms with E-state index in [-0.39, 0.29) is 24.8 Å². The number of allylic oxidation sites excluding steroid dienone is 1. The Kier molecular flexibility index (Phi) is 8.32. The Morgan fingerprint density at radius 2 is 1.50 bits per heavy atom. The Hall–Kier alpha value is -1.70. The third-order valence-corrected chi connectivity index (χ3v) is 31.3. The zero-order chi connectivity index (χ0) is 26.3. The minimum Gasteiger partial charge on any atom is -1.00 e. The van der Waals surface area contributed by atoms with Gasteiger partial charge in [-0.05, 0) is 0 Å². The molecule has 3 aliphatic rings. The van der Waals surface area contributed by atoms with Crippen molar-refractivity contribution < 1.29 is 45.7 Å². The second-order valence-corrected chi connectivity index (χ2v) is 27.5. The van der Waals surface area contributed by atoms with Crippen LogP contribution >= 0.6 is 0 Å². The summed E-state index contributed by atoms with van der Waals surface area (Å²) in [5, 5.41) is 3.59. The van der Waals surface area contributed by atoms with E-state index in [0.29, 0.717) is 15.5 Å². The fraction of sp³-hybridized carbons (Fsp3) is 0.278. The fourth-order valence-corrected chi connectivity index (χ4v) is 33.8. The average Bonchev–Trinajstić information content (AvgIpc) is 3.37. The molecule has 2 heterocycles. The largest absolute Gasteiger partial charge is 1.00 e. The van der Waals surface area contributed by atoms with Crippen molar-refractivity contribution in [1.29, 1.82) is 0 Å². The molecule has 2 atom stereocenters. The normalized spacial score (nSPS) is 17.5. The van der Waals surface area contributed by atoms with Crippen LogP contribution in [0.25, 0.3) is 28.3 Å². The van der Waals surface area contributed by atoms with E-state index in [1.165, 1.54) is 34.2 Å². The van der Waals surface area contributed by atoms with Crippen LogP contribution in [-0.2, 0) is 20.9 Å². The Morgan fingerprint density at radius 3 is 2.20 bits per heavy atom. The monoisotopic (exact) mass is 657 g/mol. The molecule has 0 aromatic heterocycles. The standard InChI is InChI=1S/C24H29.C12H8Si.2ClH.Zr/c1-15(2)9-19-13-20-7-8-22(16(3)4)24(23(20)14-19)21-11-17(5)10-18(6)12-21;1-3-7-11-9(5-1)10-6-2-4-8-12(10)13-11;;;/h7-8,10-16H,9H2,1-6H3;1-7,13H;2*1H;/q;;;;+2/p-2. The molecule has 40 heavy (non-hydrogen) atoms. The molecule has 4 heteroatoms. The van der Waals surface area contributed by atoms with Gasteiger partial charge in [0.15, 0.2) is 0 Å². The molecule has 2 aliphatic heterocycles. The summed E-state index contributed by atoms with van der Waals surface area (Å²) in [5.41, 5.74) is 15.3. The third kappa shape index (κ3) is 4.50. The SMILES string of the molecule is Cc1cc(C)cc(-c2c(C(C)C)ccc3c2C=C(CC(C)C)[CH]3[Zr+2]2[c]3cccc4c3[SiH]2c2ccccc2-4)c1.[Cl-].[Cl-]. The fourth-order valence-electron chi connectivity index (χ4n) is 7.70. The van der Waals surface area contributed by atoms with Crippen LogP contribution in [0.3, 0.4) is 0 Å². The van der Waals surface area contributed by atoms with E-state index in [0.717, 1.165) is 0 Å². The van der Waals surface area contributed by atoms with Crippen molar-refractivity contribution in [1.82, 2.24) is 0 Å². The van der Waals surface area contributed by atoms with Crippen molar-refractivity contribution in [3.8, 4) is 22.3 Å². The number of aryl methyl sites for hydroxylation is 2. The minimum atomic E-state index is -1.98. The molecule has 0 radical (unpaired) electrons. The molecule has 0 saturated heterocycles. The first-order valence-electron chi connectivity index (χ1n) is 14.4. The number of benzene rings is 4. The van der Waals surface area contributed by atoms with Gasteiger partial charge in [-0.15, -0.1) is 0 Å². The first-order chi connectivity index (χ1) is 18.3. The number of hydrogen-bond acceptors (Lipinski definition) is 0. The molecule has 0 N–H and O–H groups in total. The van der Waals surface area contributed by atoms with Crippen LogP contribution in [0.1, 0.15) is 71.5 Å². The van der Waals surface area contributed by atoms with Crippen LogP contribution in [0.5, 0.6) is 0 Å². The second kappa shape index (κ2) is 11.2. The predicted octanol–water partition coefficient (Wildman–Crippen LogP) is 1.36. The first-order valence-corrected chi connectivity index (χ1v) is 23.0. The van der Waals surface area contributed by atoms with Crippen LogP contribution < -0.4 is 38.5 Å². The van der Waals surface area contributed by atoms with E-state index >= 15 is 0 Å². The van der Waals surface area contributed by atoms with Gasteiger partial charge in [0, 0.05) is 0 Å². The zero-order valence-corrected chi connectivity index (χ0v) is 29.4. The van der Waals surface area contributed by atoms with Crippen LogP contribution in [0, 0.1) is 19.8 Å². The van der Waals surface area contributed by atoms with Gasteiger partial charge in [-0.2, -0.15) is 0 Å². The molecule has 4 aromatic rings. The van der Waals surface area contributed by atoms with Crippen molar-refractivity contribution in [2.24, 2.45) is 5.92 Å². The molecule has 0 nitrogen and oxygen atoms in total. The van der Waals surface area contributed by atoms with Gasteiger partial charge < -0.3 is 24.8 Å². The molecule has 0 bridgehead atoms. The molecule has 7 rings (SSSR count). The Bertz CT molecular complexity index is 1630. The zero-order valence-electron chi connectivity index (χ0n) is 24.3. The molecule has 2 unspecified atom stereocenters. The van der Waals surface area contributed by atoms with Crippen LogP contribution in [0.15, 0.2) is 78.4 Å². The number of fused-ring (bicyclic) bond motifs is 4. The van der Waals surface area contributed by atoms with Crippen molar-refractivity contribution in [2.45, 2.75) is 57.5 Å².